The maximum absolute atomic E-state index is 12.2. The minimum absolute atomic E-state index is 0.231. The third-order valence-electron chi connectivity index (χ3n) is 4.35. The number of nitrogens with zero attached hydrogens (tertiary/aromatic N) is 2. The number of likely N-dealkylation sites (tertiary alicyclic amines) is 2. The lowest BCUT2D eigenvalue weighted by Crippen LogP contribution is -2.41. The minimum atomic E-state index is 0.231. The second-order valence-electron chi connectivity index (χ2n) is 5.72. The van der Waals surface area contributed by atoms with Gasteiger partial charge in [0.25, 0.3) is 5.91 Å². The maximum atomic E-state index is 12.2. The van der Waals surface area contributed by atoms with E-state index in [4.69, 9.17) is 0 Å². The monoisotopic (exact) mass is 278 g/mol. The zero-order valence-corrected chi connectivity index (χ0v) is 12.2. The van der Waals surface area contributed by atoms with Gasteiger partial charge < -0.3 is 9.80 Å². The van der Waals surface area contributed by atoms with Gasteiger partial charge in [-0.2, -0.15) is 0 Å². The standard InChI is InChI=1S/C15H22N2OS/c18-15(14-4-3-11-19-14)17-9-5-13(6-10-17)12-16-7-1-2-8-16/h3-4,11,13H,1-2,5-10,12H2. The molecular weight excluding hydrogens is 256 g/mol. The molecule has 0 unspecified atom stereocenters. The quantitative estimate of drug-likeness (QED) is 0.849. The molecule has 2 saturated heterocycles. The SMILES string of the molecule is O=C(c1cccs1)N1CCC(CN2CCCC2)CC1. The number of amides is 1. The van der Waals surface area contributed by atoms with E-state index in [1.54, 1.807) is 11.3 Å². The Balaban J connectivity index is 1.47. The molecular formula is C15H22N2OS. The molecule has 1 aromatic heterocycles. The van der Waals surface area contributed by atoms with Gasteiger partial charge in [-0.1, -0.05) is 6.07 Å². The molecule has 0 spiro atoms. The van der Waals surface area contributed by atoms with E-state index in [1.165, 1.54) is 45.3 Å². The number of hydrogen-bond donors (Lipinski definition) is 0. The first-order valence-electron chi connectivity index (χ1n) is 7.38. The zero-order valence-electron chi connectivity index (χ0n) is 11.4. The molecule has 3 heterocycles. The molecule has 3 rings (SSSR count). The van der Waals surface area contributed by atoms with Gasteiger partial charge in [0.2, 0.25) is 0 Å². The number of piperidine rings is 1. The summed E-state index contributed by atoms with van der Waals surface area (Å²) in [6.45, 7) is 5.70. The van der Waals surface area contributed by atoms with Crippen LogP contribution in [0.1, 0.15) is 35.4 Å². The van der Waals surface area contributed by atoms with Crippen LogP contribution in [0.15, 0.2) is 17.5 Å². The van der Waals surface area contributed by atoms with Crippen LogP contribution in [0.4, 0.5) is 0 Å². The van der Waals surface area contributed by atoms with Gasteiger partial charge >= 0.3 is 0 Å². The molecule has 19 heavy (non-hydrogen) atoms. The fourth-order valence-corrected chi connectivity index (χ4v) is 3.90. The van der Waals surface area contributed by atoms with E-state index in [0.29, 0.717) is 0 Å². The van der Waals surface area contributed by atoms with Crippen molar-refractivity contribution < 1.29 is 4.79 Å². The van der Waals surface area contributed by atoms with E-state index < -0.39 is 0 Å². The van der Waals surface area contributed by atoms with Crippen LogP contribution in [-0.2, 0) is 0 Å². The number of carbonyl (C=O) groups excluding carboxylic acids is 1. The highest BCUT2D eigenvalue weighted by molar-refractivity contribution is 7.12. The Morgan fingerprint density at radius 1 is 1.21 bits per heavy atom. The van der Waals surface area contributed by atoms with E-state index in [0.717, 1.165) is 23.9 Å². The normalized spacial score (nSPS) is 22.0. The van der Waals surface area contributed by atoms with Crippen LogP contribution in [0, 0.1) is 5.92 Å². The summed E-state index contributed by atoms with van der Waals surface area (Å²) >= 11 is 1.55. The Bertz CT molecular complexity index is 404. The van der Waals surface area contributed by atoms with Crippen LogP contribution in [0.3, 0.4) is 0 Å². The largest absolute Gasteiger partial charge is 0.338 e. The van der Waals surface area contributed by atoms with Crippen LogP contribution >= 0.6 is 11.3 Å². The summed E-state index contributed by atoms with van der Waals surface area (Å²) in [4.78, 5) is 17.8. The molecule has 2 fully saturated rings. The van der Waals surface area contributed by atoms with Crippen LogP contribution in [0.2, 0.25) is 0 Å². The second kappa shape index (κ2) is 6.06. The lowest BCUT2D eigenvalue weighted by atomic mass is 9.96. The van der Waals surface area contributed by atoms with Crippen LogP contribution in [-0.4, -0.2) is 48.4 Å². The molecule has 2 aliphatic heterocycles. The van der Waals surface area contributed by atoms with Crippen LogP contribution in [0.5, 0.6) is 0 Å². The van der Waals surface area contributed by atoms with E-state index in [1.807, 2.05) is 22.4 Å². The zero-order chi connectivity index (χ0) is 13.1. The van der Waals surface area contributed by atoms with Gasteiger partial charge in [0.1, 0.15) is 0 Å². The Labute approximate surface area is 119 Å². The molecule has 0 saturated carbocycles. The predicted molar refractivity (Wildman–Crippen MR) is 78.6 cm³/mol. The van der Waals surface area contributed by atoms with Gasteiger partial charge in [-0.15, -0.1) is 11.3 Å². The molecule has 0 aromatic carbocycles. The van der Waals surface area contributed by atoms with Crippen LogP contribution in [0.25, 0.3) is 0 Å². The van der Waals surface area contributed by atoms with E-state index in [-0.39, 0.29) is 5.91 Å². The van der Waals surface area contributed by atoms with Gasteiger partial charge in [0, 0.05) is 19.6 Å². The molecule has 3 nitrogen and oxygen atoms in total. The highest BCUT2D eigenvalue weighted by Gasteiger charge is 2.25. The summed E-state index contributed by atoms with van der Waals surface area (Å²) in [5.41, 5.74) is 0. The fraction of sp³-hybridized carbons (Fsp3) is 0.667. The lowest BCUT2D eigenvalue weighted by molar-refractivity contribution is 0.0678. The summed E-state index contributed by atoms with van der Waals surface area (Å²) in [5, 5.41) is 1.98. The molecule has 0 atom stereocenters. The van der Waals surface area contributed by atoms with Crippen LogP contribution < -0.4 is 0 Å². The molecule has 4 heteroatoms. The average Bonchev–Trinajstić information content (AvgIpc) is 3.12. The molecule has 0 N–H and O–H groups in total. The van der Waals surface area contributed by atoms with Crippen molar-refractivity contribution in [2.75, 3.05) is 32.7 Å². The predicted octanol–water partition coefficient (Wildman–Crippen LogP) is 2.70. The first-order valence-corrected chi connectivity index (χ1v) is 8.26. The minimum Gasteiger partial charge on any atom is -0.338 e. The van der Waals surface area contributed by atoms with Gasteiger partial charge in [-0.3, -0.25) is 4.79 Å². The first-order chi connectivity index (χ1) is 9.33. The Hall–Kier alpha value is -0.870. The summed E-state index contributed by atoms with van der Waals surface area (Å²) in [6, 6.07) is 3.89. The third kappa shape index (κ3) is 3.18. The molecule has 0 bridgehead atoms. The molecule has 0 aliphatic carbocycles. The fourth-order valence-electron chi connectivity index (χ4n) is 3.21. The lowest BCUT2D eigenvalue weighted by Gasteiger charge is -2.33. The topological polar surface area (TPSA) is 23.6 Å². The molecule has 2 aliphatic rings. The third-order valence-corrected chi connectivity index (χ3v) is 5.21. The Morgan fingerprint density at radius 2 is 1.95 bits per heavy atom. The number of hydrogen-bond acceptors (Lipinski definition) is 3. The Morgan fingerprint density at radius 3 is 2.58 bits per heavy atom. The smallest absolute Gasteiger partial charge is 0.263 e. The van der Waals surface area contributed by atoms with Crippen molar-refractivity contribution in [3.63, 3.8) is 0 Å². The molecule has 104 valence electrons. The van der Waals surface area contributed by atoms with Gasteiger partial charge in [0.05, 0.1) is 4.88 Å². The first kappa shape index (κ1) is 13.1. The van der Waals surface area contributed by atoms with Crippen molar-refractivity contribution in [3.8, 4) is 0 Å². The summed E-state index contributed by atoms with van der Waals surface area (Å²) in [5.74, 6) is 1.03. The van der Waals surface area contributed by atoms with Crippen molar-refractivity contribution in [1.29, 1.82) is 0 Å². The molecule has 0 radical (unpaired) electrons. The van der Waals surface area contributed by atoms with E-state index in [2.05, 4.69) is 4.90 Å². The van der Waals surface area contributed by atoms with Gasteiger partial charge in [-0.05, 0) is 56.1 Å². The summed E-state index contributed by atoms with van der Waals surface area (Å²) in [7, 11) is 0. The van der Waals surface area contributed by atoms with E-state index in [9.17, 15) is 4.79 Å². The average molecular weight is 278 g/mol. The van der Waals surface area contributed by atoms with Crippen molar-refractivity contribution in [1.82, 2.24) is 9.80 Å². The van der Waals surface area contributed by atoms with Crippen molar-refractivity contribution in [2.45, 2.75) is 25.7 Å². The highest BCUT2D eigenvalue weighted by Crippen LogP contribution is 2.22. The number of carbonyl (C=O) groups is 1. The second-order valence-corrected chi connectivity index (χ2v) is 6.67. The number of rotatable bonds is 3. The van der Waals surface area contributed by atoms with Gasteiger partial charge in [-0.25, -0.2) is 0 Å². The Kier molecular flexibility index (Phi) is 4.18. The number of thiophene rings is 1. The molecule has 1 amide bonds. The van der Waals surface area contributed by atoms with Crippen molar-refractivity contribution in [2.24, 2.45) is 5.92 Å². The van der Waals surface area contributed by atoms with Gasteiger partial charge in [0.15, 0.2) is 0 Å². The maximum Gasteiger partial charge on any atom is 0.263 e. The van der Waals surface area contributed by atoms with Crippen molar-refractivity contribution >= 4 is 17.2 Å². The summed E-state index contributed by atoms with van der Waals surface area (Å²) in [6.07, 6.45) is 5.09. The molecule has 1 aromatic rings. The summed E-state index contributed by atoms with van der Waals surface area (Å²) < 4.78 is 0. The van der Waals surface area contributed by atoms with Crippen molar-refractivity contribution in [3.05, 3.63) is 22.4 Å². The highest BCUT2D eigenvalue weighted by atomic mass is 32.1. The van der Waals surface area contributed by atoms with E-state index >= 15 is 0 Å².